The van der Waals surface area contributed by atoms with Gasteiger partial charge in [-0.1, -0.05) is 12.1 Å². The Labute approximate surface area is 135 Å². The van der Waals surface area contributed by atoms with Crippen molar-refractivity contribution in [3.63, 3.8) is 0 Å². The first-order valence-electron chi connectivity index (χ1n) is 7.27. The zero-order valence-corrected chi connectivity index (χ0v) is 14.0. The van der Waals surface area contributed by atoms with Gasteiger partial charge in [0.15, 0.2) is 11.6 Å². The van der Waals surface area contributed by atoms with E-state index in [1.165, 1.54) is 39.2 Å². The van der Waals surface area contributed by atoms with Crippen molar-refractivity contribution in [1.82, 2.24) is 4.31 Å². The van der Waals surface area contributed by atoms with Gasteiger partial charge < -0.3 is 9.47 Å². The normalized spacial score (nSPS) is 22.3. The van der Waals surface area contributed by atoms with Crippen LogP contribution in [0.5, 0.6) is 5.75 Å². The molecule has 0 saturated carbocycles. The third kappa shape index (κ3) is 3.64. The van der Waals surface area contributed by atoms with E-state index in [4.69, 9.17) is 4.74 Å². The molecule has 0 aliphatic carbocycles. The van der Waals surface area contributed by atoms with Crippen LogP contribution in [0.15, 0.2) is 24.3 Å². The lowest BCUT2D eigenvalue weighted by atomic mass is 10.2. The van der Waals surface area contributed by atoms with E-state index in [1.807, 2.05) is 0 Å². The molecule has 1 aromatic carbocycles. The molecule has 1 aromatic rings. The molecular formula is C15H20FNO5S. The highest BCUT2D eigenvalue weighted by Crippen LogP contribution is 2.28. The molecule has 1 heterocycles. The Kier molecular flexibility index (Phi) is 5.26. The Morgan fingerprint density at radius 1 is 1.35 bits per heavy atom. The van der Waals surface area contributed by atoms with E-state index < -0.39 is 39.2 Å². The summed E-state index contributed by atoms with van der Waals surface area (Å²) < 4.78 is 49.8. The Morgan fingerprint density at radius 3 is 2.57 bits per heavy atom. The predicted octanol–water partition coefficient (Wildman–Crippen LogP) is 1.56. The van der Waals surface area contributed by atoms with Crippen LogP contribution >= 0.6 is 0 Å². The molecule has 0 aromatic heterocycles. The van der Waals surface area contributed by atoms with Gasteiger partial charge in [0, 0.05) is 6.42 Å². The second-order valence-electron chi connectivity index (χ2n) is 5.61. The fourth-order valence-electron chi connectivity index (χ4n) is 2.48. The summed E-state index contributed by atoms with van der Waals surface area (Å²) in [4.78, 5) is 11.9. The van der Waals surface area contributed by atoms with E-state index in [0.29, 0.717) is 0 Å². The molecule has 1 aliphatic heterocycles. The number of rotatable bonds is 5. The van der Waals surface area contributed by atoms with Gasteiger partial charge in [-0.2, -0.15) is 4.31 Å². The number of sulfonamides is 1. The van der Waals surface area contributed by atoms with Crippen LogP contribution in [0.25, 0.3) is 0 Å². The summed E-state index contributed by atoms with van der Waals surface area (Å²) in [6, 6.07) is 4.91. The number of hydrogen-bond acceptors (Lipinski definition) is 5. The summed E-state index contributed by atoms with van der Waals surface area (Å²) >= 11 is 0. The van der Waals surface area contributed by atoms with Crippen molar-refractivity contribution in [3.05, 3.63) is 30.1 Å². The lowest BCUT2D eigenvalue weighted by Crippen LogP contribution is -2.44. The van der Waals surface area contributed by atoms with Gasteiger partial charge in [0.05, 0.1) is 18.9 Å². The molecule has 6 nitrogen and oxygen atoms in total. The summed E-state index contributed by atoms with van der Waals surface area (Å²) in [5.74, 6) is -1.15. The Balaban J connectivity index is 2.23. The lowest BCUT2D eigenvalue weighted by Gasteiger charge is -2.23. The number of hydrogen-bond donors (Lipinski definition) is 0. The summed E-state index contributed by atoms with van der Waals surface area (Å²) in [5, 5.41) is -0.679. The fourth-order valence-corrected chi connectivity index (χ4v) is 3.92. The maximum Gasteiger partial charge on any atom is 0.324 e. The van der Waals surface area contributed by atoms with Crippen molar-refractivity contribution < 1.29 is 27.1 Å². The smallest absolute Gasteiger partial charge is 0.324 e. The number of ether oxygens (including phenoxy) is 2. The van der Waals surface area contributed by atoms with Crippen LogP contribution in [0.2, 0.25) is 0 Å². The standard InChI is InChI=1S/C15H20FNO5S/c1-10(2)23(19,20)17-9-11(8-13(17)15(18)21-3)22-14-7-5-4-6-12(14)16/h4-7,10-11,13H,8-9H2,1-3H3. The largest absolute Gasteiger partial charge is 0.486 e. The number of methoxy groups -OCH3 is 1. The molecule has 0 radical (unpaired) electrons. The molecule has 128 valence electrons. The highest BCUT2D eigenvalue weighted by Gasteiger charge is 2.46. The highest BCUT2D eigenvalue weighted by atomic mass is 32.2. The summed E-state index contributed by atoms with van der Waals surface area (Å²) in [6.45, 7) is 3.05. The zero-order chi connectivity index (χ0) is 17.2. The summed E-state index contributed by atoms with van der Waals surface area (Å²) in [7, 11) is -2.46. The van der Waals surface area contributed by atoms with Crippen LogP contribution in [-0.4, -0.2) is 49.7 Å². The van der Waals surface area contributed by atoms with Gasteiger partial charge in [0.25, 0.3) is 0 Å². The van der Waals surface area contributed by atoms with Crippen molar-refractivity contribution in [2.45, 2.75) is 37.7 Å². The third-order valence-electron chi connectivity index (χ3n) is 3.74. The van der Waals surface area contributed by atoms with E-state index in [1.54, 1.807) is 6.07 Å². The topological polar surface area (TPSA) is 72.9 Å². The van der Waals surface area contributed by atoms with Gasteiger partial charge in [0.2, 0.25) is 10.0 Å². The van der Waals surface area contributed by atoms with E-state index in [0.717, 1.165) is 4.31 Å². The van der Waals surface area contributed by atoms with Gasteiger partial charge in [-0.25, -0.2) is 12.8 Å². The summed E-state index contributed by atoms with van der Waals surface area (Å²) in [5.41, 5.74) is 0. The van der Waals surface area contributed by atoms with Crippen LogP contribution < -0.4 is 4.74 Å². The van der Waals surface area contributed by atoms with Crippen molar-refractivity contribution in [2.75, 3.05) is 13.7 Å². The first kappa shape index (κ1) is 17.7. The Hall–Kier alpha value is -1.67. The number of halogens is 1. The minimum absolute atomic E-state index is 0.0192. The molecule has 0 bridgehead atoms. The minimum atomic E-state index is -3.66. The first-order valence-corrected chi connectivity index (χ1v) is 8.77. The van der Waals surface area contributed by atoms with Gasteiger partial charge in [-0.15, -0.1) is 0 Å². The molecular weight excluding hydrogens is 325 g/mol. The van der Waals surface area contributed by atoms with Crippen LogP contribution in [0.1, 0.15) is 20.3 Å². The Morgan fingerprint density at radius 2 is 2.00 bits per heavy atom. The van der Waals surface area contributed by atoms with Crippen molar-refractivity contribution >= 4 is 16.0 Å². The van der Waals surface area contributed by atoms with E-state index >= 15 is 0 Å². The van der Waals surface area contributed by atoms with Gasteiger partial charge >= 0.3 is 5.97 Å². The molecule has 1 fully saturated rings. The quantitative estimate of drug-likeness (QED) is 0.757. The number of carbonyl (C=O) groups excluding carboxylic acids is 1. The zero-order valence-electron chi connectivity index (χ0n) is 13.2. The van der Waals surface area contributed by atoms with Gasteiger partial charge in [0.1, 0.15) is 12.1 Å². The number of nitrogens with zero attached hydrogens (tertiary/aromatic N) is 1. The SMILES string of the molecule is COC(=O)C1CC(Oc2ccccc2F)CN1S(=O)(=O)C(C)C. The third-order valence-corrected chi connectivity index (χ3v) is 5.99. The highest BCUT2D eigenvalue weighted by molar-refractivity contribution is 7.89. The number of benzene rings is 1. The van der Waals surface area contributed by atoms with E-state index in [9.17, 15) is 17.6 Å². The van der Waals surface area contributed by atoms with Gasteiger partial charge in [-0.3, -0.25) is 4.79 Å². The second kappa shape index (κ2) is 6.84. The van der Waals surface area contributed by atoms with Crippen molar-refractivity contribution in [2.24, 2.45) is 0 Å². The maximum absolute atomic E-state index is 13.7. The number of para-hydroxylation sites is 1. The average Bonchev–Trinajstić information content (AvgIpc) is 2.93. The van der Waals surface area contributed by atoms with Crippen LogP contribution in [0, 0.1) is 5.82 Å². The van der Waals surface area contributed by atoms with Crippen molar-refractivity contribution in [1.29, 1.82) is 0 Å². The number of carbonyl (C=O) groups is 1. The lowest BCUT2D eigenvalue weighted by molar-refractivity contribution is -0.144. The minimum Gasteiger partial charge on any atom is -0.486 e. The molecule has 2 atom stereocenters. The molecule has 0 N–H and O–H groups in total. The molecule has 0 amide bonds. The van der Waals surface area contributed by atoms with Gasteiger partial charge in [-0.05, 0) is 26.0 Å². The van der Waals surface area contributed by atoms with E-state index in [2.05, 4.69) is 4.74 Å². The fraction of sp³-hybridized carbons (Fsp3) is 0.533. The molecule has 2 unspecified atom stereocenters. The van der Waals surface area contributed by atoms with Crippen LogP contribution in [-0.2, 0) is 19.6 Å². The monoisotopic (exact) mass is 345 g/mol. The molecule has 8 heteroatoms. The molecule has 1 saturated heterocycles. The second-order valence-corrected chi connectivity index (χ2v) is 8.05. The molecule has 23 heavy (non-hydrogen) atoms. The molecule has 0 spiro atoms. The summed E-state index contributed by atoms with van der Waals surface area (Å²) in [6.07, 6.45) is -0.503. The molecule has 1 aliphatic rings. The first-order chi connectivity index (χ1) is 10.8. The molecule has 2 rings (SSSR count). The van der Waals surface area contributed by atoms with Crippen LogP contribution in [0.4, 0.5) is 4.39 Å². The van der Waals surface area contributed by atoms with Crippen LogP contribution in [0.3, 0.4) is 0 Å². The van der Waals surface area contributed by atoms with Crippen molar-refractivity contribution in [3.8, 4) is 5.75 Å². The van der Waals surface area contributed by atoms with E-state index in [-0.39, 0.29) is 18.7 Å². The predicted molar refractivity (Wildman–Crippen MR) is 82.0 cm³/mol. The maximum atomic E-state index is 13.7. The number of esters is 1. The average molecular weight is 345 g/mol. The Bertz CT molecular complexity index is 676.